The van der Waals surface area contributed by atoms with Crippen LogP contribution in [0.2, 0.25) is 0 Å². The van der Waals surface area contributed by atoms with Gasteiger partial charge in [-0.25, -0.2) is 4.68 Å². The van der Waals surface area contributed by atoms with E-state index in [2.05, 4.69) is 15.7 Å². The molecule has 0 bridgehead atoms. The number of carboxylic acid groups (broad SMARTS) is 1. The van der Waals surface area contributed by atoms with Gasteiger partial charge in [-0.1, -0.05) is 0 Å². The van der Waals surface area contributed by atoms with Crippen molar-refractivity contribution in [2.24, 2.45) is 0 Å². The quantitative estimate of drug-likeness (QED) is 0.711. The number of anilines is 1. The van der Waals surface area contributed by atoms with Gasteiger partial charge in [0, 0.05) is 12.1 Å². The highest BCUT2D eigenvalue weighted by molar-refractivity contribution is 5.92. The molecule has 3 N–H and O–H groups in total. The SMILES string of the molecule is CC(C)n1nccc1NC(=O)CNC(C)(C)C(=O)O. The maximum absolute atomic E-state index is 11.7. The molecule has 0 aliphatic heterocycles. The molecule has 106 valence electrons. The Hall–Kier alpha value is -1.89. The van der Waals surface area contributed by atoms with Gasteiger partial charge in [0.1, 0.15) is 11.4 Å². The van der Waals surface area contributed by atoms with E-state index >= 15 is 0 Å². The highest BCUT2D eigenvalue weighted by Crippen LogP contribution is 2.12. The zero-order chi connectivity index (χ0) is 14.6. The van der Waals surface area contributed by atoms with Crippen molar-refractivity contribution in [3.63, 3.8) is 0 Å². The first-order chi connectivity index (χ1) is 8.74. The van der Waals surface area contributed by atoms with E-state index in [4.69, 9.17) is 5.11 Å². The Morgan fingerprint density at radius 3 is 2.63 bits per heavy atom. The molecule has 0 atom stereocenters. The van der Waals surface area contributed by atoms with Gasteiger partial charge in [0.25, 0.3) is 0 Å². The Morgan fingerprint density at radius 1 is 1.47 bits per heavy atom. The summed E-state index contributed by atoms with van der Waals surface area (Å²) >= 11 is 0. The van der Waals surface area contributed by atoms with Crippen LogP contribution in [-0.4, -0.2) is 38.8 Å². The lowest BCUT2D eigenvalue weighted by atomic mass is 10.1. The summed E-state index contributed by atoms with van der Waals surface area (Å²) in [5.41, 5.74) is -1.14. The van der Waals surface area contributed by atoms with Crippen LogP contribution >= 0.6 is 0 Å². The lowest BCUT2D eigenvalue weighted by Crippen LogP contribution is -2.49. The Labute approximate surface area is 112 Å². The first-order valence-corrected chi connectivity index (χ1v) is 6.06. The second kappa shape index (κ2) is 5.83. The molecule has 1 heterocycles. The first kappa shape index (κ1) is 15.2. The summed E-state index contributed by atoms with van der Waals surface area (Å²) in [5.74, 6) is -0.723. The molecule has 0 spiro atoms. The van der Waals surface area contributed by atoms with E-state index in [-0.39, 0.29) is 18.5 Å². The zero-order valence-electron chi connectivity index (χ0n) is 11.6. The molecule has 0 fully saturated rings. The van der Waals surface area contributed by atoms with Gasteiger partial charge in [0.15, 0.2) is 0 Å². The summed E-state index contributed by atoms with van der Waals surface area (Å²) in [6, 6.07) is 1.83. The van der Waals surface area contributed by atoms with Crippen LogP contribution in [0.5, 0.6) is 0 Å². The minimum absolute atomic E-state index is 0.0808. The second-order valence-corrected chi connectivity index (χ2v) is 5.09. The van der Waals surface area contributed by atoms with Crippen LogP contribution in [0.1, 0.15) is 33.7 Å². The molecule has 0 saturated heterocycles. The maximum Gasteiger partial charge on any atom is 0.323 e. The number of nitrogens with one attached hydrogen (secondary N) is 2. The van der Waals surface area contributed by atoms with E-state index in [1.54, 1.807) is 16.9 Å². The Bertz CT molecular complexity index is 465. The van der Waals surface area contributed by atoms with E-state index in [0.717, 1.165) is 0 Å². The number of carbonyl (C=O) groups is 2. The van der Waals surface area contributed by atoms with Crippen LogP contribution < -0.4 is 10.6 Å². The van der Waals surface area contributed by atoms with Gasteiger partial charge in [0.05, 0.1) is 12.7 Å². The standard InChI is InChI=1S/C12H20N4O3/c1-8(2)16-9(5-6-14-16)15-10(17)7-13-12(3,4)11(18)19/h5-6,8,13H,7H2,1-4H3,(H,15,17)(H,18,19). The number of rotatable bonds is 6. The summed E-state index contributed by atoms with van der Waals surface area (Å²) in [4.78, 5) is 22.6. The van der Waals surface area contributed by atoms with Crippen LogP contribution in [0.3, 0.4) is 0 Å². The molecule has 1 aromatic heterocycles. The lowest BCUT2D eigenvalue weighted by molar-refractivity contribution is -0.143. The molecule has 0 saturated carbocycles. The third kappa shape index (κ3) is 4.06. The summed E-state index contributed by atoms with van der Waals surface area (Å²) < 4.78 is 1.68. The highest BCUT2D eigenvalue weighted by Gasteiger charge is 2.27. The second-order valence-electron chi connectivity index (χ2n) is 5.09. The van der Waals surface area contributed by atoms with Crippen molar-refractivity contribution in [2.75, 3.05) is 11.9 Å². The molecule has 7 nitrogen and oxygen atoms in total. The Balaban J connectivity index is 2.57. The molecular formula is C12H20N4O3. The molecule has 0 radical (unpaired) electrons. The van der Waals surface area contributed by atoms with E-state index < -0.39 is 11.5 Å². The molecule has 1 amide bonds. The van der Waals surface area contributed by atoms with Crippen molar-refractivity contribution in [1.29, 1.82) is 0 Å². The molecule has 1 aromatic rings. The molecule has 7 heteroatoms. The third-order valence-electron chi connectivity index (χ3n) is 2.65. The number of carbonyl (C=O) groups excluding carboxylic acids is 1. The Kier molecular flexibility index (Phi) is 4.66. The minimum atomic E-state index is -1.14. The lowest BCUT2D eigenvalue weighted by Gasteiger charge is -2.20. The van der Waals surface area contributed by atoms with Gasteiger partial charge in [-0.05, 0) is 27.7 Å². The van der Waals surface area contributed by atoms with Crippen LogP contribution in [0, 0.1) is 0 Å². The molecule has 0 aromatic carbocycles. The van der Waals surface area contributed by atoms with E-state index in [9.17, 15) is 9.59 Å². The van der Waals surface area contributed by atoms with Gasteiger partial charge < -0.3 is 10.4 Å². The van der Waals surface area contributed by atoms with Gasteiger partial charge >= 0.3 is 5.97 Å². The van der Waals surface area contributed by atoms with E-state index in [1.165, 1.54) is 13.8 Å². The predicted octanol–water partition coefficient (Wildman–Crippen LogP) is 0.855. The fourth-order valence-corrected chi connectivity index (χ4v) is 1.39. The number of aliphatic carboxylic acids is 1. The fourth-order valence-electron chi connectivity index (χ4n) is 1.39. The van der Waals surface area contributed by atoms with Gasteiger partial charge in [-0.15, -0.1) is 0 Å². The van der Waals surface area contributed by atoms with Gasteiger partial charge in [-0.2, -0.15) is 5.10 Å². The third-order valence-corrected chi connectivity index (χ3v) is 2.65. The van der Waals surface area contributed by atoms with Crippen molar-refractivity contribution >= 4 is 17.7 Å². The zero-order valence-corrected chi connectivity index (χ0v) is 11.6. The first-order valence-electron chi connectivity index (χ1n) is 6.06. The summed E-state index contributed by atoms with van der Waals surface area (Å²) in [5, 5.41) is 18.4. The summed E-state index contributed by atoms with van der Waals surface area (Å²) in [6.07, 6.45) is 1.60. The number of aromatic nitrogens is 2. The van der Waals surface area contributed by atoms with Crippen LogP contribution in [0.25, 0.3) is 0 Å². The Morgan fingerprint density at radius 2 is 2.11 bits per heavy atom. The smallest absolute Gasteiger partial charge is 0.323 e. The van der Waals surface area contributed by atoms with Crippen molar-refractivity contribution in [3.8, 4) is 0 Å². The van der Waals surface area contributed by atoms with Crippen molar-refractivity contribution in [1.82, 2.24) is 15.1 Å². The highest BCUT2D eigenvalue weighted by atomic mass is 16.4. The van der Waals surface area contributed by atoms with Crippen LogP contribution in [0.15, 0.2) is 12.3 Å². The largest absolute Gasteiger partial charge is 0.480 e. The summed E-state index contributed by atoms with van der Waals surface area (Å²) in [6.45, 7) is 6.83. The van der Waals surface area contributed by atoms with E-state index in [1.807, 2.05) is 13.8 Å². The molecule has 0 aliphatic carbocycles. The molecule has 19 heavy (non-hydrogen) atoms. The average Bonchev–Trinajstić information content (AvgIpc) is 2.74. The van der Waals surface area contributed by atoms with Crippen molar-refractivity contribution < 1.29 is 14.7 Å². The van der Waals surface area contributed by atoms with Crippen LogP contribution in [0.4, 0.5) is 5.82 Å². The topological polar surface area (TPSA) is 96.3 Å². The van der Waals surface area contributed by atoms with E-state index in [0.29, 0.717) is 5.82 Å². The molecule has 0 unspecified atom stereocenters. The normalized spacial score (nSPS) is 11.6. The maximum atomic E-state index is 11.7. The van der Waals surface area contributed by atoms with Crippen LogP contribution in [-0.2, 0) is 9.59 Å². The average molecular weight is 268 g/mol. The number of amides is 1. The number of nitrogens with zero attached hydrogens (tertiary/aromatic N) is 2. The number of hydrogen-bond acceptors (Lipinski definition) is 4. The van der Waals surface area contributed by atoms with Crippen molar-refractivity contribution in [3.05, 3.63) is 12.3 Å². The van der Waals surface area contributed by atoms with Gasteiger partial charge in [-0.3, -0.25) is 14.9 Å². The monoisotopic (exact) mass is 268 g/mol. The number of carboxylic acids is 1. The minimum Gasteiger partial charge on any atom is -0.480 e. The fraction of sp³-hybridized carbons (Fsp3) is 0.583. The van der Waals surface area contributed by atoms with Gasteiger partial charge in [0.2, 0.25) is 5.91 Å². The van der Waals surface area contributed by atoms with Crippen molar-refractivity contribution in [2.45, 2.75) is 39.3 Å². The molecule has 0 aliphatic rings. The summed E-state index contributed by atoms with van der Waals surface area (Å²) in [7, 11) is 0. The molecule has 1 rings (SSSR count). The predicted molar refractivity (Wildman–Crippen MR) is 71.0 cm³/mol. The molecular weight excluding hydrogens is 248 g/mol. The number of hydrogen-bond donors (Lipinski definition) is 3.